The molecule has 0 aromatic carbocycles. The van der Waals surface area contributed by atoms with Crippen LogP contribution in [0, 0.1) is 0 Å². The maximum absolute atomic E-state index is 10.5. The molecule has 58 valence electrons. The molecule has 0 aromatic rings. The van der Waals surface area contributed by atoms with Crippen LogP contribution in [0.5, 0.6) is 0 Å². The van der Waals surface area contributed by atoms with Crippen molar-refractivity contribution >= 4 is 24.1 Å². The third-order valence-corrected chi connectivity index (χ3v) is 1.19. The van der Waals surface area contributed by atoms with E-state index in [1.165, 1.54) is 0 Å². The molecule has 0 N–H and O–H groups in total. The van der Waals surface area contributed by atoms with Gasteiger partial charge in [0.15, 0.2) is 0 Å². The number of thiol groups is 1. The largest absolute Gasteiger partial charge is 0.300 e. The average molecular weight is 159 g/mol. The fraction of sp³-hybridized carbons (Fsp3) is 0.714. The molecule has 0 aliphatic heterocycles. The summed E-state index contributed by atoms with van der Waals surface area (Å²) in [4.78, 5) is 14.6. The highest BCUT2D eigenvalue weighted by Gasteiger charge is 1.94. The summed E-state index contributed by atoms with van der Waals surface area (Å²) in [7, 11) is 0. The van der Waals surface area contributed by atoms with Crippen molar-refractivity contribution < 1.29 is 4.79 Å². The molecule has 0 amide bonds. The van der Waals surface area contributed by atoms with Crippen molar-refractivity contribution in [3.8, 4) is 0 Å². The molecule has 0 bridgehead atoms. The Morgan fingerprint density at radius 2 is 2.10 bits per heavy atom. The molecule has 0 heterocycles. The third-order valence-electron chi connectivity index (χ3n) is 0.986. The molecule has 10 heavy (non-hydrogen) atoms. The van der Waals surface area contributed by atoms with Gasteiger partial charge in [0, 0.05) is 24.4 Å². The van der Waals surface area contributed by atoms with Crippen molar-refractivity contribution in [1.29, 1.82) is 0 Å². The van der Waals surface area contributed by atoms with Gasteiger partial charge in [-0.05, 0) is 13.8 Å². The number of carbonyl (C=O) groups is 1. The molecule has 0 spiro atoms. The summed E-state index contributed by atoms with van der Waals surface area (Å²) < 4.78 is 0. The number of rotatable bonds is 4. The van der Waals surface area contributed by atoms with Crippen LogP contribution in [0.2, 0.25) is 0 Å². The molecule has 3 heteroatoms. The van der Waals surface area contributed by atoms with Gasteiger partial charge >= 0.3 is 0 Å². The SMILES string of the molecule is CC(=O)CC(C)=NCCS. The highest BCUT2D eigenvalue weighted by Crippen LogP contribution is 1.88. The second-order valence-electron chi connectivity index (χ2n) is 2.22. The van der Waals surface area contributed by atoms with Gasteiger partial charge in [0.2, 0.25) is 0 Å². The Morgan fingerprint density at radius 1 is 1.50 bits per heavy atom. The van der Waals surface area contributed by atoms with Crippen LogP contribution < -0.4 is 0 Å². The van der Waals surface area contributed by atoms with Gasteiger partial charge in [0.1, 0.15) is 5.78 Å². The minimum atomic E-state index is 0.167. The maximum atomic E-state index is 10.5. The number of carbonyl (C=O) groups excluding carboxylic acids is 1. The zero-order valence-electron chi connectivity index (χ0n) is 6.42. The first kappa shape index (κ1) is 9.69. The summed E-state index contributed by atoms with van der Waals surface area (Å²) in [6.07, 6.45) is 0.480. The normalized spacial score (nSPS) is 11.7. The molecule has 0 unspecified atom stereocenters. The van der Waals surface area contributed by atoms with Gasteiger partial charge in [0.05, 0.1) is 0 Å². The fourth-order valence-corrected chi connectivity index (χ4v) is 0.757. The van der Waals surface area contributed by atoms with Crippen LogP contribution in [0.15, 0.2) is 4.99 Å². The Balaban J connectivity index is 3.59. The number of hydrogen-bond acceptors (Lipinski definition) is 3. The summed E-state index contributed by atoms with van der Waals surface area (Å²) in [5.41, 5.74) is 0.904. The van der Waals surface area contributed by atoms with Gasteiger partial charge in [0.25, 0.3) is 0 Å². The maximum Gasteiger partial charge on any atom is 0.135 e. The third kappa shape index (κ3) is 5.82. The number of ketones is 1. The summed E-state index contributed by atoms with van der Waals surface area (Å²) in [5.74, 6) is 0.912. The first-order valence-corrected chi connectivity index (χ1v) is 3.90. The standard InChI is InChI=1S/C7H13NOS/c1-6(5-7(2)9)8-3-4-10/h10H,3-5H2,1-2H3. The van der Waals surface area contributed by atoms with Gasteiger partial charge < -0.3 is 0 Å². The van der Waals surface area contributed by atoms with E-state index in [1.807, 2.05) is 6.92 Å². The van der Waals surface area contributed by atoms with Gasteiger partial charge in [-0.25, -0.2) is 0 Å². The van der Waals surface area contributed by atoms with Crippen molar-refractivity contribution in [3.63, 3.8) is 0 Å². The second-order valence-corrected chi connectivity index (χ2v) is 2.67. The van der Waals surface area contributed by atoms with Gasteiger partial charge in [-0.15, -0.1) is 0 Å². The number of Topliss-reactive ketones (excluding diaryl/α,β-unsaturated/α-hetero) is 1. The average Bonchev–Trinajstić information content (AvgIpc) is 1.82. The topological polar surface area (TPSA) is 29.4 Å². The zero-order valence-corrected chi connectivity index (χ0v) is 7.32. The predicted octanol–water partition coefficient (Wildman–Crippen LogP) is 1.36. The smallest absolute Gasteiger partial charge is 0.135 e. The predicted molar refractivity (Wildman–Crippen MR) is 47.1 cm³/mol. The van der Waals surface area contributed by atoms with Crippen molar-refractivity contribution in [3.05, 3.63) is 0 Å². The lowest BCUT2D eigenvalue weighted by Crippen LogP contribution is -2.01. The highest BCUT2D eigenvalue weighted by molar-refractivity contribution is 7.80. The number of hydrogen-bond donors (Lipinski definition) is 1. The molecule has 0 aliphatic rings. The summed E-state index contributed by atoms with van der Waals surface area (Å²) in [5, 5.41) is 0. The summed E-state index contributed by atoms with van der Waals surface area (Å²) in [6, 6.07) is 0. The zero-order chi connectivity index (χ0) is 7.98. The molecule has 0 aromatic heterocycles. The molecule has 0 rings (SSSR count). The molecule has 0 fully saturated rings. The summed E-state index contributed by atoms with van der Waals surface area (Å²) in [6.45, 7) is 4.15. The van der Waals surface area contributed by atoms with Crippen LogP contribution >= 0.6 is 12.6 Å². The van der Waals surface area contributed by atoms with Crippen molar-refractivity contribution in [2.75, 3.05) is 12.3 Å². The van der Waals surface area contributed by atoms with Crippen molar-refractivity contribution in [2.24, 2.45) is 4.99 Å². The van der Waals surface area contributed by atoms with E-state index in [-0.39, 0.29) is 5.78 Å². The number of aliphatic imine (C=N–C) groups is 1. The van der Waals surface area contributed by atoms with Gasteiger partial charge in [-0.3, -0.25) is 9.79 Å². The summed E-state index contributed by atoms with van der Waals surface area (Å²) >= 11 is 3.99. The van der Waals surface area contributed by atoms with E-state index < -0.39 is 0 Å². The van der Waals surface area contributed by atoms with Crippen LogP contribution in [-0.2, 0) is 4.79 Å². The molecular formula is C7H13NOS. The van der Waals surface area contributed by atoms with Crippen LogP contribution in [0.1, 0.15) is 20.3 Å². The Kier molecular flexibility index (Phi) is 5.30. The lowest BCUT2D eigenvalue weighted by Gasteiger charge is -1.94. The van der Waals surface area contributed by atoms with E-state index in [9.17, 15) is 4.79 Å². The molecule has 2 nitrogen and oxygen atoms in total. The molecule has 0 saturated heterocycles. The minimum Gasteiger partial charge on any atom is -0.300 e. The van der Waals surface area contributed by atoms with Gasteiger partial charge in [-0.2, -0.15) is 12.6 Å². The van der Waals surface area contributed by atoms with Crippen LogP contribution in [0.25, 0.3) is 0 Å². The highest BCUT2D eigenvalue weighted by atomic mass is 32.1. The Hall–Kier alpha value is -0.310. The van der Waals surface area contributed by atoms with E-state index >= 15 is 0 Å². The molecule has 0 aliphatic carbocycles. The van der Waals surface area contributed by atoms with Crippen LogP contribution in [0.4, 0.5) is 0 Å². The Bertz CT molecular complexity index is 143. The van der Waals surface area contributed by atoms with Crippen LogP contribution in [0.3, 0.4) is 0 Å². The molecule has 0 saturated carbocycles. The van der Waals surface area contributed by atoms with Gasteiger partial charge in [-0.1, -0.05) is 0 Å². The van der Waals surface area contributed by atoms with E-state index in [4.69, 9.17) is 0 Å². The van der Waals surface area contributed by atoms with Crippen molar-refractivity contribution in [2.45, 2.75) is 20.3 Å². The van der Waals surface area contributed by atoms with E-state index in [2.05, 4.69) is 17.6 Å². The molecule has 0 atom stereocenters. The van der Waals surface area contributed by atoms with E-state index in [0.717, 1.165) is 11.5 Å². The quantitative estimate of drug-likeness (QED) is 0.487. The lowest BCUT2D eigenvalue weighted by molar-refractivity contribution is -0.115. The fourth-order valence-electron chi connectivity index (χ4n) is 0.657. The number of nitrogens with zero attached hydrogens (tertiary/aromatic N) is 1. The van der Waals surface area contributed by atoms with E-state index in [0.29, 0.717) is 13.0 Å². The first-order valence-electron chi connectivity index (χ1n) is 3.27. The van der Waals surface area contributed by atoms with Crippen molar-refractivity contribution in [1.82, 2.24) is 0 Å². The Morgan fingerprint density at radius 3 is 2.50 bits per heavy atom. The molecular weight excluding hydrogens is 146 g/mol. The Labute approximate surface area is 67.1 Å². The second kappa shape index (κ2) is 5.47. The van der Waals surface area contributed by atoms with E-state index in [1.54, 1.807) is 6.92 Å². The van der Waals surface area contributed by atoms with Crippen LogP contribution in [-0.4, -0.2) is 23.8 Å². The lowest BCUT2D eigenvalue weighted by atomic mass is 10.2. The minimum absolute atomic E-state index is 0.167. The molecule has 0 radical (unpaired) electrons. The monoisotopic (exact) mass is 159 g/mol. The first-order chi connectivity index (χ1) is 4.66.